The number of nitrogens with zero attached hydrogens (tertiary/aromatic N) is 5. The number of hydrogen-bond donors (Lipinski definition) is 1. The molecule has 0 spiro atoms. The second-order valence-corrected chi connectivity index (χ2v) is 8.54. The van der Waals surface area contributed by atoms with Crippen LogP contribution in [-0.2, 0) is 13.1 Å². The molecular formula is C23H32N6O. The van der Waals surface area contributed by atoms with E-state index in [1.54, 1.807) is 0 Å². The van der Waals surface area contributed by atoms with Gasteiger partial charge in [-0.25, -0.2) is 4.98 Å². The molecule has 1 aliphatic heterocycles. The van der Waals surface area contributed by atoms with Crippen molar-refractivity contribution in [2.45, 2.75) is 66.1 Å². The number of rotatable bonds is 6. The third kappa shape index (κ3) is 4.12. The topological polar surface area (TPSA) is 67.5 Å². The zero-order chi connectivity index (χ0) is 21.3. The standard InChI is InChI=1S/C23H32N6O/c1-16-9-8-12-28-20(14-24-18(3)15-29-19(4)13-17(2)26-29)21(25-22(16)28)23(30)27-10-6-5-7-11-27/h8-9,12-13,18,24H,5-7,10-11,14-15H2,1-4H3/t18-/m1/s1. The van der Waals surface area contributed by atoms with Gasteiger partial charge in [0.05, 0.1) is 17.9 Å². The number of carbonyl (C=O) groups is 1. The molecule has 160 valence electrons. The van der Waals surface area contributed by atoms with E-state index in [2.05, 4.69) is 34.7 Å². The van der Waals surface area contributed by atoms with Crippen molar-refractivity contribution in [1.29, 1.82) is 0 Å². The van der Waals surface area contributed by atoms with Crippen molar-refractivity contribution >= 4 is 11.6 Å². The molecule has 4 rings (SSSR count). The zero-order valence-electron chi connectivity index (χ0n) is 18.5. The smallest absolute Gasteiger partial charge is 0.274 e. The molecule has 0 aliphatic carbocycles. The Kier molecular flexibility index (Phi) is 5.90. The van der Waals surface area contributed by atoms with Gasteiger partial charge in [-0.15, -0.1) is 0 Å². The van der Waals surface area contributed by atoms with Gasteiger partial charge in [-0.05, 0) is 64.7 Å². The van der Waals surface area contributed by atoms with Crippen molar-refractivity contribution in [3.8, 4) is 0 Å². The van der Waals surface area contributed by atoms with Crippen LogP contribution in [0.3, 0.4) is 0 Å². The highest BCUT2D eigenvalue weighted by Gasteiger charge is 2.25. The molecule has 0 radical (unpaired) electrons. The lowest BCUT2D eigenvalue weighted by molar-refractivity contribution is 0.0717. The number of aromatic nitrogens is 4. The van der Waals surface area contributed by atoms with Gasteiger partial charge in [0.1, 0.15) is 5.65 Å². The minimum atomic E-state index is 0.0563. The van der Waals surface area contributed by atoms with Crippen molar-refractivity contribution < 1.29 is 4.79 Å². The van der Waals surface area contributed by atoms with Crippen LogP contribution in [0.1, 0.15) is 59.3 Å². The van der Waals surface area contributed by atoms with E-state index in [4.69, 9.17) is 4.98 Å². The van der Waals surface area contributed by atoms with Gasteiger partial charge in [0, 0.05) is 37.6 Å². The lowest BCUT2D eigenvalue weighted by Crippen LogP contribution is -2.37. The van der Waals surface area contributed by atoms with Gasteiger partial charge in [0.2, 0.25) is 0 Å². The van der Waals surface area contributed by atoms with Crippen molar-refractivity contribution in [1.82, 2.24) is 29.4 Å². The quantitative estimate of drug-likeness (QED) is 0.680. The Morgan fingerprint density at radius 1 is 1.20 bits per heavy atom. The monoisotopic (exact) mass is 408 g/mol. The van der Waals surface area contributed by atoms with Crippen LogP contribution in [0.15, 0.2) is 24.4 Å². The van der Waals surface area contributed by atoms with Crippen LogP contribution in [0.5, 0.6) is 0 Å². The molecule has 7 nitrogen and oxygen atoms in total. The molecule has 1 N–H and O–H groups in total. The first-order valence-electron chi connectivity index (χ1n) is 10.9. The van der Waals surface area contributed by atoms with Crippen molar-refractivity contribution in [3.63, 3.8) is 0 Å². The van der Waals surface area contributed by atoms with Crippen LogP contribution in [0.2, 0.25) is 0 Å². The molecule has 0 saturated carbocycles. The third-order valence-corrected chi connectivity index (χ3v) is 5.96. The minimum absolute atomic E-state index is 0.0563. The Bertz CT molecular complexity index is 1040. The van der Waals surface area contributed by atoms with Crippen molar-refractivity contribution in [2.24, 2.45) is 0 Å². The summed E-state index contributed by atoms with van der Waals surface area (Å²) in [6.45, 7) is 11.3. The Balaban J connectivity index is 1.57. The molecule has 1 atom stereocenters. The summed E-state index contributed by atoms with van der Waals surface area (Å²) < 4.78 is 4.10. The van der Waals surface area contributed by atoms with Gasteiger partial charge >= 0.3 is 0 Å². The summed E-state index contributed by atoms with van der Waals surface area (Å²) in [5, 5.41) is 8.15. The van der Waals surface area contributed by atoms with Crippen LogP contribution < -0.4 is 5.32 Å². The van der Waals surface area contributed by atoms with Crippen molar-refractivity contribution in [2.75, 3.05) is 13.1 Å². The second kappa shape index (κ2) is 8.60. The van der Waals surface area contributed by atoms with Gasteiger partial charge in [0.15, 0.2) is 5.69 Å². The minimum Gasteiger partial charge on any atom is -0.337 e. The summed E-state index contributed by atoms with van der Waals surface area (Å²) in [6.07, 6.45) is 5.36. The van der Waals surface area contributed by atoms with Crippen molar-refractivity contribution in [3.05, 3.63) is 52.7 Å². The highest BCUT2D eigenvalue weighted by Crippen LogP contribution is 2.20. The molecule has 7 heteroatoms. The summed E-state index contributed by atoms with van der Waals surface area (Å²) in [5.41, 5.74) is 5.65. The molecule has 1 fully saturated rings. The van der Waals surface area contributed by atoms with Crippen LogP contribution in [0, 0.1) is 20.8 Å². The van der Waals surface area contributed by atoms with Gasteiger partial charge in [-0.2, -0.15) is 5.10 Å². The maximum Gasteiger partial charge on any atom is 0.274 e. The van der Waals surface area contributed by atoms with Crippen LogP contribution >= 0.6 is 0 Å². The number of nitrogens with one attached hydrogen (secondary N) is 1. The number of pyridine rings is 1. The van der Waals surface area contributed by atoms with E-state index < -0.39 is 0 Å². The molecule has 1 amide bonds. The first kappa shape index (κ1) is 20.6. The number of imidazole rings is 1. The Morgan fingerprint density at radius 2 is 1.97 bits per heavy atom. The SMILES string of the molecule is Cc1cc(C)n(C[C@@H](C)NCc2c(C(=O)N3CCCCC3)nc3c(C)cccn23)n1. The molecule has 4 heterocycles. The first-order chi connectivity index (χ1) is 14.4. The molecular weight excluding hydrogens is 376 g/mol. The summed E-state index contributed by atoms with van der Waals surface area (Å²) >= 11 is 0. The lowest BCUT2D eigenvalue weighted by atomic mass is 10.1. The van der Waals surface area contributed by atoms with Gasteiger partial charge in [-0.3, -0.25) is 9.48 Å². The normalized spacial score (nSPS) is 15.7. The number of likely N-dealkylation sites (tertiary alicyclic amines) is 1. The maximum atomic E-state index is 13.3. The van der Waals surface area contributed by atoms with Crippen LogP contribution in [0.4, 0.5) is 0 Å². The van der Waals surface area contributed by atoms with E-state index >= 15 is 0 Å². The van der Waals surface area contributed by atoms with E-state index in [1.165, 1.54) is 6.42 Å². The lowest BCUT2D eigenvalue weighted by Gasteiger charge is -2.26. The Hall–Kier alpha value is -2.67. The zero-order valence-corrected chi connectivity index (χ0v) is 18.5. The predicted molar refractivity (Wildman–Crippen MR) is 118 cm³/mol. The number of hydrogen-bond acceptors (Lipinski definition) is 4. The van der Waals surface area contributed by atoms with E-state index in [9.17, 15) is 4.79 Å². The van der Waals surface area contributed by atoms with Gasteiger partial charge in [-0.1, -0.05) is 6.07 Å². The molecule has 1 saturated heterocycles. The van der Waals surface area contributed by atoms with Crippen LogP contribution in [0.25, 0.3) is 5.65 Å². The molecule has 0 aromatic carbocycles. The number of amides is 1. The van der Waals surface area contributed by atoms with E-state index in [1.807, 2.05) is 41.8 Å². The molecule has 0 bridgehead atoms. The largest absolute Gasteiger partial charge is 0.337 e. The number of aryl methyl sites for hydroxylation is 3. The summed E-state index contributed by atoms with van der Waals surface area (Å²) in [6, 6.07) is 6.36. The van der Waals surface area contributed by atoms with Gasteiger partial charge in [0.25, 0.3) is 5.91 Å². The molecule has 3 aromatic rings. The second-order valence-electron chi connectivity index (χ2n) is 8.54. The van der Waals surface area contributed by atoms with Gasteiger partial charge < -0.3 is 14.6 Å². The number of carbonyl (C=O) groups excluding carboxylic acids is 1. The third-order valence-electron chi connectivity index (χ3n) is 5.96. The predicted octanol–water partition coefficient (Wildman–Crippen LogP) is 3.26. The summed E-state index contributed by atoms with van der Waals surface area (Å²) in [7, 11) is 0. The molecule has 0 unspecified atom stereocenters. The molecule has 1 aliphatic rings. The first-order valence-corrected chi connectivity index (χ1v) is 10.9. The Labute approximate surface area is 178 Å². The summed E-state index contributed by atoms with van der Waals surface area (Å²) in [4.78, 5) is 20.0. The fourth-order valence-corrected chi connectivity index (χ4v) is 4.29. The highest BCUT2D eigenvalue weighted by atomic mass is 16.2. The number of fused-ring (bicyclic) bond motifs is 1. The average molecular weight is 409 g/mol. The fraction of sp³-hybridized carbons (Fsp3) is 0.522. The van der Waals surface area contributed by atoms with E-state index in [0.717, 1.165) is 60.8 Å². The highest BCUT2D eigenvalue weighted by molar-refractivity contribution is 5.94. The number of piperidine rings is 1. The fourth-order valence-electron chi connectivity index (χ4n) is 4.29. The maximum absolute atomic E-state index is 13.3. The van der Waals surface area contributed by atoms with E-state index in [0.29, 0.717) is 12.2 Å². The Morgan fingerprint density at radius 3 is 2.67 bits per heavy atom. The van der Waals surface area contributed by atoms with E-state index in [-0.39, 0.29) is 11.9 Å². The van der Waals surface area contributed by atoms with Crippen LogP contribution in [-0.4, -0.2) is 49.1 Å². The molecule has 3 aromatic heterocycles. The molecule has 30 heavy (non-hydrogen) atoms. The average Bonchev–Trinajstić information content (AvgIpc) is 3.26. The summed E-state index contributed by atoms with van der Waals surface area (Å²) in [5.74, 6) is 0.0563.